The number of rotatable bonds is 6. The number of hydrogen-bond acceptors (Lipinski definition) is 4. The van der Waals surface area contributed by atoms with Crippen molar-refractivity contribution >= 4 is 22.4 Å². The molecular formula is C14H16N2O2S. The average Bonchev–Trinajstić information content (AvgIpc) is 2.86. The van der Waals surface area contributed by atoms with Crippen molar-refractivity contribution in [2.75, 3.05) is 5.32 Å². The van der Waals surface area contributed by atoms with Crippen molar-refractivity contribution in [3.05, 3.63) is 47.0 Å². The van der Waals surface area contributed by atoms with E-state index in [-0.39, 0.29) is 10.9 Å². The number of nitrogens with zero attached hydrogens (tertiary/aromatic N) is 1. The number of carboxylic acid groups (broad SMARTS) is 1. The van der Waals surface area contributed by atoms with Crippen LogP contribution in [-0.2, 0) is 6.42 Å². The molecule has 0 bridgehead atoms. The molecule has 0 radical (unpaired) electrons. The number of carboxylic acids is 1. The highest BCUT2D eigenvalue weighted by Crippen LogP contribution is 2.19. The third-order valence-corrected chi connectivity index (χ3v) is 3.71. The molecule has 0 amide bonds. The first kappa shape index (κ1) is 13.5. The largest absolute Gasteiger partial charge is 0.477 e. The highest BCUT2D eigenvalue weighted by Gasteiger charge is 2.10. The Hall–Kier alpha value is -1.88. The highest BCUT2D eigenvalue weighted by atomic mass is 32.1. The van der Waals surface area contributed by atoms with Crippen LogP contribution in [0.25, 0.3) is 0 Å². The summed E-state index contributed by atoms with van der Waals surface area (Å²) in [5, 5.41) is 12.7. The van der Waals surface area contributed by atoms with Gasteiger partial charge in [-0.25, -0.2) is 9.78 Å². The molecule has 0 aliphatic rings. The van der Waals surface area contributed by atoms with Crippen molar-refractivity contribution in [1.82, 2.24) is 4.98 Å². The van der Waals surface area contributed by atoms with Gasteiger partial charge >= 0.3 is 5.97 Å². The van der Waals surface area contributed by atoms with Crippen LogP contribution in [0.2, 0.25) is 0 Å². The Balaban J connectivity index is 1.83. The van der Waals surface area contributed by atoms with Gasteiger partial charge in [-0.2, -0.15) is 0 Å². The Morgan fingerprint density at radius 1 is 1.42 bits per heavy atom. The van der Waals surface area contributed by atoms with Gasteiger partial charge in [0.25, 0.3) is 0 Å². The van der Waals surface area contributed by atoms with E-state index >= 15 is 0 Å². The van der Waals surface area contributed by atoms with E-state index in [9.17, 15) is 4.79 Å². The lowest BCUT2D eigenvalue weighted by Gasteiger charge is -2.12. The van der Waals surface area contributed by atoms with Gasteiger partial charge in [-0.15, -0.1) is 0 Å². The Kier molecular flexibility index (Phi) is 4.52. The summed E-state index contributed by atoms with van der Waals surface area (Å²) < 4.78 is 0. The van der Waals surface area contributed by atoms with Gasteiger partial charge in [0.2, 0.25) is 0 Å². The molecule has 19 heavy (non-hydrogen) atoms. The Bertz CT molecular complexity index is 539. The molecule has 1 aromatic heterocycles. The molecule has 1 heterocycles. The van der Waals surface area contributed by atoms with Crippen LogP contribution < -0.4 is 5.32 Å². The number of aryl methyl sites for hydroxylation is 1. The first-order valence-corrected chi connectivity index (χ1v) is 6.96. The maximum Gasteiger partial charge on any atom is 0.347 e. The van der Waals surface area contributed by atoms with Crippen LogP contribution in [0.5, 0.6) is 0 Å². The normalized spacial score (nSPS) is 12.1. The summed E-state index contributed by atoms with van der Waals surface area (Å²) >= 11 is 1.17. The second kappa shape index (κ2) is 6.33. The van der Waals surface area contributed by atoms with E-state index < -0.39 is 5.97 Å². The minimum atomic E-state index is -0.928. The molecule has 1 aromatic carbocycles. The maximum atomic E-state index is 10.8. The van der Waals surface area contributed by atoms with Gasteiger partial charge in [-0.05, 0) is 25.3 Å². The smallest absolute Gasteiger partial charge is 0.347 e. The van der Waals surface area contributed by atoms with Crippen molar-refractivity contribution in [3.63, 3.8) is 0 Å². The van der Waals surface area contributed by atoms with Crippen molar-refractivity contribution in [3.8, 4) is 0 Å². The fourth-order valence-corrected chi connectivity index (χ4v) is 2.52. The molecule has 2 rings (SSSR count). The average molecular weight is 276 g/mol. The second-order valence-electron chi connectivity index (χ2n) is 4.40. The van der Waals surface area contributed by atoms with Crippen LogP contribution in [0.15, 0.2) is 36.5 Å². The lowest BCUT2D eigenvalue weighted by Crippen LogP contribution is -2.15. The monoisotopic (exact) mass is 276 g/mol. The van der Waals surface area contributed by atoms with Crippen LogP contribution in [0.3, 0.4) is 0 Å². The van der Waals surface area contributed by atoms with Crippen LogP contribution in [0.4, 0.5) is 5.13 Å². The summed E-state index contributed by atoms with van der Waals surface area (Å²) in [6.07, 6.45) is 3.36. The van der Waals surface area contributed by atoms with E-state index in [4.69, 9.17) is 5.11 Å². The van der Waals surface area contributed by atoms with Crippen molar-refractivity contribution < 1.29 is 9.90 Å². The third-order valence-electron chi connectivity index (χ3n) is 2.80. The SMILES string of the molecule is CC(CCc1ccccc1)Nc1ncc(C(=O)O)s1. The molecule has 1 unspecified atom stereocenters. The quantitative estimate of drug-likeness (QED) is 0.850. The predicted molar refractivity (Wildman–Crippen MR) is 76.9 cm³/mol. The minimum absolute atomic E-state index is 0.257. The predicted octanol–water partition coefficient (Wildman–Crippen LogP) is 3.27. The molecule has 0 fully saturated rings. The molecule has 1 atom stereocenters. The van der Waals surface area contributed by atoms with Crippen LogP contribution in [-0.4, -0.2) is 22.1 Å². The topological polar surface area (TPSA) is 62.2 Å². The van der Waals surface area contributed by atoms with Gasteiger partial charge in [-0.1, -0.05) is 41.7 Å². The zero-order valence-electron chi connectivity index (χ0n) is 10.7. The summed E-state index contributed by atoms with van der Waals surface area (Å²) in [6.45, 7) is 2.07. The van der Waals surface area contributed by atoms with Gasteiger partial charge in [0.05, 0.1) is 6.20 Å². The molecule has 2 N–H and O–H groups in total. The zero-order valence-corrected chi connectivity index (χ0v) is 11.5. The summed E-state index contributed by atoms with van der Waals surface area (Å²) in [4.78, 5) is 15.1. The minimum Gasteiger partial charge on any atom is -0.477 e. The Morgan fingerprint density at radius 3 is 2.79 bits per heavy atom. The van der Waals surface area contributed by atoms with Gasteiger partial charge < -0.3 is 10.4 Å². The number of aromatic carboxylic acids is 1. The number of nitrogens with one attached hydrogen (secondary N) is 1. The summed E-state index contributed by atoms with van der Waals surface area (Å²) in [7, 11) is 0. The maximum absolute atomic E-state index is 10.8. The Labute approximate surface area is 116 Å². The summed E-state index contributed by atoms with van der Waals surface area (Å²) in [5.74, 6) is -0.928. The van der Waals surface area contributed by atoms with Crippen LogP contribution in [0.1, 0.15) is 28.6 Å². The van der Waals surface area contributed by atoms with E-state index in [0.29, 0.717) is 5.13 Å². The molecule has 100 valence electrons. The van der Waals surface area contributed by atoms with Crippen molar-refractivity contribution in [1.29, 1.82) is 0 Å². The number of aromatic nitrogens is 1. The molecule has 0 saturated carbocycles. The third kappa shape index (κ3) is 4.06. The van der Waals surface area contributed by atoms with E-state index in [0.717, 1.165) is 12.8 Å². The fraction of sp³-hybridized carbons (Fsp3) is 0.286. The first-order chi connectivity index (χ1) is 9.15. The highest BCUT2D eigenvalue weighted by molar-refractivity contribution is 7.17. The van der Waals surface area contributed by atoms with Gasteiger partial charge in [0.15, 0.2) is 5.13 Å². The zero-order chi connectivity index (χ0) is 13.7. The number of benzene rings is 1. The van der Waals surface area contributed by atoms with E-state index in [1.165, 1.54) is 23.1 Å². The van der Waals surface area contributed by atoms with Crippen molar-refractivity contribution in [2.24, 2.45) is 0 Å². The van der Waals surface area contributed by atoms with Crippen LogP contribution in [0, 0.1) is 0 Å². The summed E-state index contributed by atoms with van der Waals surface area (Å²) in [5.41, 5.74) is 1.31. The molecule has 4 nitrogen and oxygen atoms in total. The van der Waals surface area contributed by atoms with E-state index in [1.54, 1.807) is 0 Å². The molecule has 0 aliphatic heterocycles. The van der Waals surface area contributed by atoms with Crippen molar-refractivity contribution in [2.45, 2.75) is 25.8 Å². The van der Waals surface area contributed by atoms with Gasteiger partial charge in [-0.3, -0.25) is 0 Å². The summed E-state index contributed by atoms with van der Waals surface area (Å²) in [6, 6.07) is 10.6. The molecule has 0 aliphatic carbocycles. The molecule has 2 aromatic rings. The molecule has 5 heteroatoms. The van der Waals surface area contributed by atoms with Gasteiger partial charge in [0, 0.05) is 6.04 Å². The van der Waals surface area contributed by atoms with E-state index in [2.05, 4.69) is 29.4 Å². The fourth-order valence-electron chi connectivity index (χ4n) is 1.75. The number of thiazole rings is 1. The van der Waals surface area contributed by atoms with Crippen LogP contribution >= 0.6 is 11.3 Å². The lowest BCUT2D eigenvalue weighted by molar-refractivity contribution is 0.0702. The second-order valence-corrected chi connectivity index (χ2v) is 5.44. The first-order valence-electron chi connectivity index (χ1n) is 6.14. The number of carbonyl (C=O) groups is 1. The number of anilines is 1. The molecular weight excluding hydrogens is 260 g/mol. The van der Waals surface area contributed by atoms with E-state index in [1.807, 2.05) is 18.2 Å². The lowest BCUT2D eigenvalue weighted by atomic mass is 10.1. The molecule has 0 spiro atoms. The Morgan fingerprint density at radius 2 is 2.16 bits per heavy atom. The molecule has 0 saturated heterocycles. The number of hydrogen-bond donors (Lipinski definition) is 2. The van der Waals surface area contributed by atoms with Gasteiger partial charge in [0.1, 0.15) is 4.88 Å². The standard InChI is InChI=1S/C14H16N2O2S/c1-10(7-8-11-5-3-2-4-6-11)16-14-15-9-12(19-14)13(17)18/h2-6,9-10H,7-8H2,1H3,(H,15,16)(H,17,18).